The zero-order valence-electron chi connectivity index (χ0n) is 10.1. The van der Waals surface area contributed by atoms with Gasteiger partial charge in [-0.25, -0.2) is 0 Å². The van der Waals surface area contributed by atoms with Crippen LogP contribution in [0.15, 0.2) is 24.3 Å². The Bertz CT molecular complexity index is 351. The summed E-state index contributed by atoms with van der Waals surface area (Å²) in [4.78, 5) is 11.9. The molecule has 1 unspecified atom stereocenters. The van der Waals surface area contributed by atoms with Crippen molar-refractivity contribution < 1.29 is 4.79 Å². The SMILES string of the molecule is CCCCC(CN)NC(=O)c1ccc(I)cc1. The molecule has 4 heteroatoms. The maximum Gasteiger partial charge on any atom is 0.251 e. The molecule has 1 amide bonds. The van der Waals surface area contributed by atoms with Crippen LogP contribution < -0.4 is 11.1 Å². The molecule has 3 nitrogen and oxygen atoms in total. The van der Waals surface area contributed by atoms with Crippen LogP contribution in [0.25, 0.3) is 0 Å². The van der Waals surface area contributed by atoms with E-state index >= 15 is 0 Å². The van der Waals surface area contributed by atoms with E-state index in [0.717, 1.165) is 22.8 Å². The topological polar surface area (TPSA) is 55.1 Å². The smallest absolute Gasteiger partial charge is 0.251 e. The summed E-state index contributed by atoms with van der Waals surface area (Å²) in [5.41, 5.74) is 6.34. The number of hydrogen-bond acceptors (Lipinski definition) is 2. The molecule has 1 aromatic carbocycles. The monoisotopic (exact) mass is 346 g/mol. The number of rotatable bonds is 6. The summed E-state index contributed by atoms with van der Waals surface area (Å²) < 4.78 is 1.13. The van der Waals surface area contributed by atoms with Crippen molar-refractivity contribution in [2.75, 3.05) is 6.54 Å². The van der Waals surface area contributed by atoms with Crippen molar-refractivity contribution in [3.63, 3.8) is 0 Å². The van der Waals surface area contributed by atoms with E-state index in [2.05, 4.69) is 34.8 Å². The van der Waals surface area contributed by atoms with Gasteiger partial charge < -0.3 is 11.1 Å². The number of hydrogen-bond donors (Lipinski definition) is 2. The predicted molar refractivity (Wildman–Crippen MR) is 79.0 cm³/mol. The van der Waals surface area contributed by atoms with Crippen molar-refractivity contribution in [3.8, 4) is 0 Å². The summed E-state index contributed by atoms with van der Waals surface area (Å²) in [6, 6.07) is 7.62. The Morgan fingerprint density at radius 1 is 1.41 bits per heavy atom. The highest BCUT2D eigenvalue weighted by Crippen LogP contribution is 2.07. The van der Waals surface area contributed by atoms with E-state index in [1.807, 2.05) is 24.3 Å². The lowest BCUT2D eigenvalue weighted by molar-refractivity contribution is 0.0936. The van der Waals surface area contributed by atoms with E-state index in [-0.39, 0.29) is 11.9 Å². The van der Waals surface area contributed by atoms with Crippen molar-refractivity contribution in [2.24, 2.45) is 5.73 Å². The van der Waals surface area contributed by atoms with E-state index in [0.29, 0.717) is 12.1 Å². The first-order valence-corrected chi connectivity index (χ1v) is 7.01. The molecule has 0 heterocycles. The van der Waals surface area contributed by atoms with Gasteiger partial charge in [0.05, 0.1) is 0 Å². The van der Waals surface area contributed by atoms with Crippen molar-refractivity contribution in [3.05, 3.63) is 33.4 Å². The molecule has 17 heavy (non-hydrogen) atoms. The van der Waals surface area contributed by atoms with Gasteiger partial charge in [-0.2, -0.15) is 0 Å². The minimum atomic E-state index is -0.0343. The summed E-state index contributed by atoms with van der Waals surface area (Å²) in [5.74, 6) is -0.0343. The molecular weight excluding hydrogens is 327 g/mol. The zero-order valence-corrected chi connectivity index (χ0v) is 12.2. The minimum Gasteiger partial charge on any atom is -0.348 e. The number of carbonyl (C=O) groups excluding carboxylic acids is 1. The summed E-state index contributed by atoms with van der Waals surface area (Å²) in [6.45, 7) is 2.63. The van der Waals surface area contributed by atoms with Crippen LogP contribution in [0.3, 0.4) is 0 Å². The van der Waals surface area contributed by atoms with E-state index in [1.54, 1.807) is 0 Å². The molecule has 0 aliphatic heterocycles. The molecule has 1 rings (SSSR count). The number of benzene rings is 1. The van der Waals surface area contributed by atoms with Crippen molar-refractivity contribution in [1.82, 2.24) is 5.32 Å². The maximum absolute atomic E-state index is 11.9. The fraction of sp³-hybridized carbons (Fsp3) is 0.462. The van der Waals surface area contributed by atoms with Crippen LogP contribution in [0.1, 0.15) is 36.5 Å². The fourth-order valence-corrected chi connectivity index (χ4v) is 1.93. The van der Waals surface area contributed by atoms with Crippen LogP contribution in [0.5, 0.6) is 0 Å². The number of nitrogens with two attached hydrogens (primary N) is 1. The minimum absolute atomic E-state index is 0.0343. The van der Waals surface area contributed by atoms with E-state index in [1.165, 1.54) is 0 Å². The summed E-state index contributed by atoms with van der Waals surface area (Å²) in [6.07, 6.45) is 3.16. The Hall–Kier alpha value is -0.620. The van der Waals surface area contributed by atoms with Crippen LogP contribution in [0.4, 0.5) is 0 Å². The molecule has 1 aromatic rings. The van der Waals surface area contributed by atoms with Crippen LogP contribution in [-0.2, 0) is 0 Å². The van der Waals surface area contributed by atoms with E-state index in [9.17, 15) is 4.79 Å². The van der Waals surface area contributed by atoms with Crippen LogP contribution in [0, 0.1) is 3.57 Å². The van der Waals surface area contributed by atoms with Gasteiger partial charge in [0, 0.05) is 21.7 Å². The molecule has 0 fully saturated rings. The van der Waals surface area contributed by atoms with Gasteiger partial charge in [-0.1, -0.05) is 19.8 Å². The molecule has 0 aromatic heterocycles. The largest absolute Gasteiger partial charge is 0.348 e. The lowest BCUT2D eigenvalue weighted by Crippen LogP contribution is -2.40. The van der Waals surface area contributed by atoms with Crippen molar-refractivity contribution in [1.29, 1.82) is 0 Å². The van der Waals surface area contributed by atoms with Crippen LogP contribution in [-0.4, -0.2) is 18.5 Å². The Morgan fingerprint density at radius 2 is 2.06 bits per heavy atom. The molecule has 0 radical (unpaired) electrons. The summed E-state index contributed by atoms with van der Waals surface area (Å²) >= 11 is 2.22. The Labute approximate surface area is 116 Å². The number of amides is 1. The number of nitrogens with one attached hydrogen (secondary N) is 1. The van der Waals surface area contributed by atoms with Crippen molar-refractivity contribution in [2.45, 2.75) is 32.2 Å². The van der Waals surface area contributed by atoms with Gasteiger partial charge in [0.2, 0.25) is 0 Å². The second-order valence-corrected chi connectivity index (χ2v) is 5.30. The van der Waals surface area contributed by atoms with Crippen molar-refractivity contribution >= 4 is 28.5 Å². The zero-order chi connectivity index (χ0) is 12.7. The average Bonchev–Trinajstić information content (AvgIpc) is 2.35. The van der Waals surface area contributed by atoms with Gasteiger partial charge >= 0.3 is 0 Å². The molecule has 0 aliphatic carbocycles. The third kappa shape index (κ3) is 5.04. The fourth-order valence-electron chi connectivity index (χ4n) is 1.57. The molecule has 0 aliphatic rings. The predicted octanol–water partition coefficient (Wildman–Crippen LogP) is 2.54. The number of carbonyl (C=O) groups is 1. The van der Waals surface area contributed by atoms with Gasteiger partial charge in [0.15, 0.2) is 0 Å². The molecule has 0 saturated carbocycles. The lowest BCUT2D eigenvalue weighted by Gasteiger charge is -2.16. The summed E-state index contributed by atoms with van der Waals surface area (Å²) in [5, 5.41) is 2.97. The lowest BCUT2D eigenvalue weighted by atomic mass is 10.1. The van der Waals surface area contributed by atoms with Gasteiger partial charge in [0.1, 0.15) is 0 Å². The van der Waals surface area contributed by atoms with Crippen LogP contribution in [0.2, 0.25) is 0 Å². The molecule has 94 valence electrons. The van der Waals surface area contributed by atoms with E-state index in [4.69, 9.17) is 5.73 Å². The molecule has 0 bridgehead atoms. The third-order valence-corrected chi connectivity index (χ3v) is 3.35. The van der Waals surface area contributed by atoms with Gasteiger partial charge in [0.25, 0.3) is 5.91 Å². The van der Waals surface area contributed by atoms with E-state index < -0.39 is 0 Å². The molecule has 3 N–H and O–H groups in total. The Kier molecular flexibility index (Phi) is 6.50. The maximum atomic E-state index is 11.9. The van der Waals surface area contributed by atoms with Crippen LogP contribution >= 0.6 is 22.6 Å². The highest BCUT2D eigenvalue weighted by molar-refractivity contribution is 14.1. The highest BCUT2D eigenvalue weighted by Gasteiger charge is 2.11. The Balaban J connectivity index is 2.54. The first-order chi connectivity index (χ1) is 8.17. The summed E-state index contributed by atoms with van der Waals surface area (Å²) in [7, 11) is 0. The first-order valence-electron chi connectivity index (χ1n) is 5.94. The number of halogens is 1. The first kappa shape index (κ1) is 14.4. The Morgan fingerprint density at radius 3 is 2.59 bits per heavy atom. The van der Waals surface area contributed by atoms with Gasteiger partial charge in [-0.3, -0.25) is 4.79 Å². The second-order valence-electron chi connectivity index (χ2n) is 4.06. The van der Waals surface area contributed by atoms with Gasteiger partial charge in [-0.05, 0) is 53.3 Å². The average molecular weight is 346 g/mol. The standard InChI is InChI=1S/C13H19IN2O/c1-2-3-4-12(9-15)16-13(17)10-5-7-11(14)8-6-10/h5-8,12H,2-4,9,15H2,1H3,(H,16,17). The molecule has 0 saturated heterocycles. The highest BCUT2D eigenvalue weighted by atomic mass is 127. The molecule has 1 atom stereocenters. The molecule has 0 spiro atoms. The molecular formula is C13H19IN2O. The quantitative estimate of drug-likeness (QED) is 0.778. The normalized spacial score (nSPS) is 12.2. The number of unbranched alkanes of at least 4 members (excludes halogenated alkanes) is 1. The third-order valence-electron chi connectivity index (χ3n) is 2.63. The van der Waals surface area contributed by atoms with Gasteiger partial charge in [-0.15, -0.1) is 0 Å². The second kappa shape index (κ2) is 7.66.